The summed E-state index contributed by atoms with van der Waals surface area (Å²) in [5.41, 5.74) is -0.622. The summed E-state index contributed by atoms with van der Waals surface area (Å²) < 4.78 is 27.4. The highest BCUT2D eigenvalue weighted by Gasteiger charge is 2.40. The van der Waals surface area contributed by atoms with Gasteiger partial charge in [-0.25, -0.2) is 23.5 Å². The van der Waals surface area contributed by atoms with Crippen molar-refractivity contribution in [2.45, 2.75) is 26.2 Å². The molecule has 0 fully saturated rings. The van der Waals surface area contributed by atoms with Crippen molar-refractivity contribution >= 4 is 7.60 Å². The maximum Gasteiger partial charge on any atom is 0.359 e. The molecule has 0 saturated carbocycles. The summed E-state index contributed by atoms with van der Waals surface area (Å²) in [6, 6.07) is 8.61. The summed E-state index contributed by atoms with van der Waals surface area (Å²) in [6.45, 7) is 3.94. The van der Waals surface area contributed by atoms with Crippen molar-refractivity contribution in [2.75, 3.05) is 13.2 Å². The zero-order valence-corrected chi connectivity index (χ0v) is 15.0. The van der Waals surface area contributed by atoms with Gasteiger partial charge in [-0.1, -0.05) is 30.4 Å². The van der Waals surface area contributed by atoms with Gasteiger partial charge in [-0.05, 0) is 26.0 Å². The fourth-order valence-electron chi connectivity index (χ4n) is 2.87. The van der Waals surface area contributed by atoms with Crippen LogP contribution in [0.1, 0.15) is 19.6 Å². The van der Waals surface area contributed by atoms with E-state index in [0.29, 0.717) is 5.69 Å². The molecule has 1 unspecified atom stereocenters. The second kappa shape index (κ2) is 7.00. The number of hydrogen-bond donors (Lipinski definition) is 0. The molecule has 9 heteroatoms. The fraction of sp³-hybridized carbons (Fsp3) is 0.375. The van der Waals surface area contributed by atoms with Gasteiger partial charge in [0.05, 0.1) is 25.4 Å². The molecule has 0 saturated heterocycles. The summed E-state index contributed by atoms with van der Waals surface area (Å²) in [5.74, 6) is -0.980. The Morgan fingerprint density at radius 1 is 1.08 bits per heavy atom. The van der Waals surface area contributed by atoms with Gasteiger partial charge in [0.2, 0.25) is 0 Å². The summed E-state index contributed by atoms with van der Waals surface area (Å²) in [6.07, 6.45) is 3.29. The molecular formula is C16H20N3O5P. The van der Waals surface area contributed by atoms with Crippen LogP contribution in [-0.2, 0) is 20.2 Å². The first-order valence-corrected chi connectivity index (χ1v) is 9.70. The Kier molecular flexibility index (Phi) is 4.94. The van der Waals surface area contributed by atoms with E-state index in [-0.39, 0.29) is 19.8 Å². The summed E-state index contributed by atoms with van der Waals surface area (Å²) >= 11 is 0. The fourth-order valence-corrected chi connectivity index (χ4v) is 4.79. The van der Waals surface area contributed by atoms with E-state index in [1.165, 1.54) is 9.36 Å². The van der Waals surface area contributed by atoms with E-state index >= 15 is 0 Å². The van der Waals surface area contributed by atoms with Gasteiger partial charge in [0, 0.05) is 0 Å². The molecule has 0 bridgehead atoms. The third-order valence-corrected chi connectivity index (χ3v) is 6.13. The zero-order valence-electron chi connectivity index (χ0n) is 14.1. The van der Waals surface area contributed by atoms with Crippen molar-refractivity contribution < 1.29 is 13.6 Å². The number of para-hydroxylation sites is 1. The van der Waals surface area contributed by atoms with Crippen LogP contribution >= 0.6 is 7.60 Å². The molecule has 0 amide bonds. The van der Waals surface area contributed by atoms with Crippen LogP contribution < -0.4 is 11.4 Å². The largest absolute Gasteiger partial charge is 0.359 e. The Hall–Kier alpha value is -2.15. The van der Waals surface area contributed by atoms with Crippen LogP contribution in [0.4, 0.5) is 0 Å². The van der Waals surface area contributed by atoms with Crippen LogP contribution in [0.25, 0.3) is 5.69 Å². The molecule has 0 radical (unpaired) electrons. The third kappa shape index (κ3) is 2.97. The smallest absolute Gasteiger partial charge is 0.307 e. The number of allylic oxidation sites excluding steroid dienone is 2. The first-order chi connectivity index (χ1) is 12.0. The molecular weight excluding hydrogens is 345 g/mol. The van der Waals surface area contributed by atoms with Gasteiger partial charge in [-0.3, -0.25) is 4.57 Å². The predicted octanol–water partition coefficient (Wildman–Crippen LogP) is 2.14. The van der Waals surface area contributed by atoms with Gasteiger partial charge in [0.15, 0.2) is 5.78 Å². The lowest BCUT2D eigenvalue weighted by molar-refractivity contribution is 0.203. The van der Waals surface area contributed by atoms with E-state index in [1.807, 2.05) is 0 Å². The van der Waals surface area contributed by atoms with E-state index < -0.39 is 24.8 Å². The third-order valence-electron chi connectivity index (χ3n) is 3.85. The second-order valence-corrected chi connectivity index (χ2v) is 7.51. The molecule has 3 rings (SSSR count). The highest BCUT2D eigenvalue weighted by Crippen LogP contribution is 2.59. The quantitative estimate of drug-likeness (QED) is 0.578. The summed E-state index contributed by atoms with van der Waals surface area (Å²) in [7, 11) is -3.65. The topological polar surface area (TPSA) is 84.5 Å². The first kappa shape index (κ1) is 17.7. The van der Waals surface area contributed by atoms with Gasteiger partial charge < -0.3 is 9.05 Å². The summed E-state index contributed by atoms with van der Waals surface area (Å²) in [5, 5.41) is 0. The van der Waals surface area contributed by atoms with Crippen LogP contribution in [0.3, 0.4) is 0 Å². The van der Waals surface area contributed by atoms with Crippen molar-refractivity contribution in [1.29, 1.82) is 0 Å². The number of rotatable bonds is 6. The number of hydrogen-bond acceptors (Lipinski definition) is 5. The molecule has 0 N–H and O–H groups in total. The molecule has 1 aromatic carbocycles. The van der Waals surface area contributed by atoms with Gasteiger partial charge >= 0.3 is 19.0 Å². The molecule has 2 aromatic rings. The highest BCUT2D eigenvalue weighted by molar-refractivity contribution is 7.54. The molecule has 1 aliphatic heterocycles. The Morgan fingerprint density at radius 3 is 2.32 bits per heavy atom. The molecule has 1 atom stereocenters. The Labute approximate surface area is 144 Å². The van der Waals surface area contributed by atoms with Crippen molar-refractivity contribution in [1.82, 2.24) is 13.9 Å². The van der Waals surface area contributed by atoms with E-state index in [1.54, 1.807) is 56.3 Å². The molecule has 1 aromatic heterocycles. The van der Waals surface area contributed by atoms with Crippen LogP contribution in [0.5, 0.6) is 0 Å². The van der Waals surface area contributed by atoms with Gasteiger partial charge in [0.25, 0.3) is 0 Å². The highest BCUT2D eigenvalue weighted by atomic mass is 31.2. The molecule has 134 valence electrons. The van der Waals surface area contributed by atoms with Crippen LogP contribution in [0.2, 0.25) is 0 Å². The van der Waals surface area contributed by atoms with E-state index in [9.17, 15) is 14.2 Å². The van der Waals surface area contributed by atoms with Gasteiger partial charge in [-0.15, -0.1) is 0 Å². The van der Waals surface area contributed by atoms with Gasteiger partial charge in [0.1, 0.15) is 0 Å². The minimum Gasteiger partial charge on any atom is -0.307 e. The van der Waals surface area contributed by atoms with Crippen LogP contribution in [0, 0.1) is 0 Å². The maximum atomic E-state index is 13.2. The predicted molar refractivity (Wildman–Crippen MR) is 93.3 cm³/mol. The van der Waals surface area contributed by atoms with E-state index in [0.717, 1.165) is 4.57 Å². The van der Waals surface area contributed by atoms with Crippen molar-refractivity contribution in [3.05, 3.63) is 63.5 Å². The van der Waals surface area contributed by atoms with Crippen molar-refractivity contribution in [3.8, 4) is 5.69 Å². The van der Waals surface area contributed by atoms with Gasteiger partial charge in [-0.2, -0.15) is 0 Å². The van der Waals surface area contributed by atoms with Crippen LogP contribution in [-0.4, -0.2) is 27.1 Å². The van der Waals surface area contributed by atoms with Crippen molar-refractivity contribution in [3.63, 3.8) is 0 Å². The molecule has 0 spiro atoms. The first-order valence-electron chi connectivity index (χ1n) is 8.08. The number of nitrogens with zero attached hydrogens (tertiary/aromatic N) is 3. The minimum absolute atomic E-state index is 0.167. The minimum atomic E-state index is -3.65. The normalized spacial score (nSPS) is 16.8. The number of aromatic nitrogens is 3. The average Bonchev–Trinajstić information content (AvgIpc) is 2.87. The average molecular weight is 365 g/mol. The maximum absolute atomic E-state index is 13.2. The molecule has 25 heavy (non-hydrogen) atoms. The monoisotopic (exact) mass is 365 g/mol. The van der Waals surface area contributed by atoms with Crippen molar-refractivity contribution in [2.24, 2.45) is 0 Å². The molecule has 0 aliphatic carbocycles. The molecule has 2 heterocycles. The molecule has 1 aliphatic rings. The second-order valence-electron chi connectivity index (χ2n) is 5.38. The van der Waals surface area contributed by atoms with E-state index in [2.05, 4.69) is 0 Å². The van der Waals surface area contributed by atoms with E-state index in [4.69, 9.17) is 9.05 Å². The lowest BCUT2D eigenvalue weighted by Crippen LogP contribution is -2.33. The van der Waals surface area contributed by atoms with Crippen LogP contribution in [0.15, 0.2) is 52.1 Å². The SMILES string of the molecule is CCOP(=O)(OCC)C1C=CCn2c(=O)n(-c3ccccc3)c(=O)n21. The molecule has 8 nitrogen and oxygen atoms in total. The number of benzene rings is 1. The number of fused-ring (bicyclic) bond motifs is 1. The Balaban J connectivity index is 2.20. The lowest BCUT2D eigenvalue weighted by Gasteiger charge is -2.27. The Morgan fingerprint density at radius 2 is 1.72 bits per heavy atom. The lowest BCUT2D eigenvalue weighted by atomic mass is 10.3. The Bertz CT molecular complexity index is 931. The standard InChI is InChI=1S/C16H20N3O5P/c1-3-23-25(22,24-4-2)14-11-8-12-17-15(20)18(16(21)19(14)17)13-9-6-5-7-10-13/h5-11,14H,3-4,12H2,1-2H3. The summed E-state index contributed by atoms with van der Waals surface area (Å²) in [4.78, 5) is 25.7. The zero-order chi connectivity index (χ0) is 18.0.